The maximum Gasteiger partial charge on any atom is 0.472 e. The van der Waals surface area contributed by atoms with Crippen LogP contribution in [0.25, 0.3) is 0 Å². The van der Waals surface area contributed by atoms with Crippen LogP contribution in [0, 0.1) is 0 Å². The first kappa shape index (κ1) is 57.3. The summed E-state index contributed by atoms with van der Waals surface area (Å²) in [4.78, 5) is 47.5. The Morgan fingerprint density at radius 3 is 1.31 bits per heavy atom. The molecular formula is C47H92NO10P. The summed E-state index contributed by atoms with van der Waals surface area (Å²) in [6, 6.07) is 0. The lowest BCUT2D eigenvalue weighted by atomic mass is 10.0. The van der Waals surface area contributed by atoms with Crippen molar-refractivity contribution in [3.05, 3.63) is 0 Å². The zero-order valence-electron chi connectivity index (χ0n) is 38.8. The maximum atomic E-state index is 12.7. The highest BCUT2D eigenvalue weighted by Crippen LogP contribution is 2.43. The molecule has 59 heavy (non-hydrogen) atoms. The van der Waals surface area contributed by atoms with Crippen molar-refractivity contribution >= 4 is 25.9 Å². The molecule has 350 valence electrons. The van der Waals surface area contributed by atoms with E-state index in [1.165, 1.54) is 148 Å². The fourth-order valence-electron chi connectivity index (χ4n) is 6.79. The number of hydrogen-bond acceptors (Lipinski definition) is 9. The molecule has 0 rings (SSSR count). The van der Waals surface area contributed by atoms with Crippen LogP contribution >= 0.6 is 7.82 Å². The lowest BCUT2D eigenvalue weighted by molar-refractivity contribution is -0.161. The molecule has 12 heteroatoms. The molecule has 0 saturated heterocycles. The summed E-state index contributed by atoms with van der Waals surface area (Å²) in [5.41, 5.74) is -0.644. The largest absolute Gasteiger partial charge is 0.472 e. The highest BCUT2D eigenvalue weighted by Gasteiger charge is 2.26. The summed E-state index contributed by atoms with van der Waals surface area (Å²) < 4.78 is 39.0. The molecule has 0 aromatic rings. The van der Waals surface area contributed by atoms with Gasteiger partial charge in [0.05, 0.1) is 13.2 Å². The molecule has 2 unspecified atom stereocenters. The Hall–Kier alpha value is -1.68. The smallest absolute Gasteiger partial charge is 0.462 e. The van der Waals surface area contributed by atoms with E-state index >= 15 is 0 Å². The highest BCUT2D eigenvalue weighted by atomic mass is 31.2. The number of unbranched alkanes of at least 4 members (excludes halogenated alkanes) is 28. The van der Waals surface area contributed by atoms with Gasteiger partial charge in [0, 0.05) is 19.4 Å². The van der Waals surface area contributed by atoms with Crippen LogP contribution in [-0.4, -0.2) is 61.0 Å². The van der Waals surface area contributed by atoms with Gasteiger partial charge in [-0.3, -0.25) is 18.6 Å². The van der Waals surface area contributed by atoms with E-state index in [9.17, 15) is 23.8 Å². The van der Waals surface area contributed by atoms with Gasteiger partial charge in [-0.25, -0.2) is 9.36 Å². The number of phosphoric acid groups is 1. The van der Waals surface area contributed by atoms with E-state index in [1.54, 1.807) is 13.8 Å². The van der Waals surface area contributed by atoms with Crippen LogP contribution in [0.5, 0.6) is 0 Å². The molecule has 0 fully saturated rings. The van der Waals surface area contributed by atoms with Crippen molar-refractivity contribution < 1.29 is 47.1 Å². The highest BCUT2D eigenvalue weighted by molar-refractivity contribution is 7.47. The quantitative estimate of drug-likeness (QED) is 0.0263. The lowest BCUT2D eigenvalue weighted by Gasteiger charge is -2.23. The average Bonchev–Trinajstić information content (AvgIpc) is 3.20. The molecule has 0 aromatic carbocycles. The van der Waals surface area contributed by atoms with Crippen molar-refractivity contribution in [1.82, 2.24) is 5.32 Å². The monoisotopic (exact) mass is 862 g/mol. The van der Waals surface area contributed by atoms with Gasteiger partial charge in [0.15, 0.2) is 6.10 Å². The molecule has 11 nitrogen and oxygen atoms in total. The van der Waals surface area contributed by atoms with E-state index < -0.39 is 44.2 Å². The number of rotatable bonds is 44. The first-order chi connectivity index (χ1) is 28.4. The van der Waals surface area contributed by atoms with Crippen molar-refractivity contribution in [2.45, 2.75) is 258 Å². The third-order valence-corrected chi connectivity index (χ3v) is 12.0. The van der Waals surface area contributed by atoms with Crippen LogP contribution in [0.15, 0.2) is 0 Å². The summed E-state index contributed by atoms with van der Waals surface area (Å²) in [6.07, 6.45) is 36.3. The Bertz CT molecular complexity index is 1040. The van der Waals surface area contributed by atoms with Gasteiger partial charge in [-0.2, -0.15) is 0 Å². The van der Waals surface area contributed by atoms with Crippen molar-refractivity contribution in [2.75, 3.05) is 26.4 Å². The van der Waals surface area contributed by atoms with Gasteiger partial charge in [0.25, 0.3) is 0 Å². The number of hydrogen-bond donors (Lipinski definition) is 2. The van der Waals surface area contributed by atoms with Gasteiger partial charge in [-0.1, -0.05) is 201 Å². The minimum absolute atomic E-state index is 0.0822. The van der Waals surface area contributed by atoms with Crippen molar-refractivity contribution in [2.24, 2.45) is 0 Å². The normalized spacial score (nSPS) is 13.2. The minimum atomic E-state index is -4.57. The fourth-order valence-corrected chi connectivity index (χ4v) is 7.54. The van der Waals surface area contributed by atoms with Crippen molar-refractivity contribution in [3.63, 3.8) is 0 Å². The van der Waals surface area contributed by atoms with E-state index in [0.29, 0.717) is 19.3 Å². The molecule has 0 aliphatic carbocycles. The number of amides is 1. The van der Waals surface area contributed by atoms with Crippen molar-refractivity contribution in [3.8, 4) is 0 Å². The Morgan fingerprint density at radius 1 is 0.542 bits per heavy atom. The summed E-state index contributed by atoms with van der Waals surface area (Å²) in [5, 5.41) is 2.47. The standard InChI is InChI=1S/C47H92NO10P/c1-6-9-11-13-15-17-19-21-23-25-27-29-31-33-35-37-44(49)54-41-43(42-56-59(52,53)55-40-39-48-46(51)58-47(4,5)8-3)57-45(50)38-36-34-32-30-28-26-24-22-20-18-16-14-12-10-7-2/h43H,6-42H2,1-5H3,(H,48,51)(H,52,53). The molecule has 0 heterocycles. The Balaban J connectivity index is 4.49. The molecule has 2 N–H and O–H groups in total. The molecule has 0 radical (unpaired) electrons. The van der Waals surface area contributed by atoms with Gasteiger partial charge in [-0.15, -0.1) is 0 Å². The van der Waals surface area contributed by atoms with Crippen LogP contribution in [0.1, 0.15) is 247 Å². The number of carbonyl (C=O) groups is 3. The number of ether oxygens (including phenoxy) is 3. The van der Waals surface area contributed by atoms with Gasteiger partial charge >= 0.3 is 25.9 Å². The zero-order valence-corrected chi connectivity index (χ0v) is 39.7. The average molecular weight is 862 g/mol. The second-order valence-electron chi connectivity index (χ2n) is 17.2. The van der Waals surface area contributed by atoms with Crippen LogP contribution in [-0.2, 0) is 37.4 Å². The number of carbonyl (C=O) groups excluding carboxylic acids is 3. The Morgan fingerprint density at radius 2 is 0.915 bits per heavy atom. The lowest BCUT2D eigenvalue weighted by Crippen LogP contribution is -2.35. The molecule has 0 aromatic heterocycles. The third kappa shape index (κ3) is 41.4. The molecule has 0 spiro atoms. The van der Waals surface area contributed by atoms with Crippen LogP contribution in [0.3, 0.4) is 0 Å². The number of alkyl carbamates (subject to hydrolysis) is 1. The summed E-state index contributed by atoms with van der Waals surface area (Å²) in [7, 11) is -4.57. The van der Waals surface area contributed by atoms with E-state index in [4.69, 9.17) is 23.3 Å². The van der Waals surface area contributed by atoms with Gasteiger partial charge < -0.3 is 24.4 Å². The van der Waals surface area contributed by atoms with Gasteiger partial charge in [0.1, 0.15) is 12.2 Å². The first-order valence-electron chi connectivity index (χ1n) is 24.4. The molecular weight excluding hydrogens is 769 g/mol. The Kier molecular flexibility index (Phi) is 39.2. The topological polar surface area (TPSA) is 147 Å². The molecule has 0 aliphatic rings. The van der Waals surface area contributed by atoms with E-state index in [1.807, 2.05) is 6.92 Å². The SMILES string of the molecule is CCCCCCCCCCCCCCCCCC(=O)OCC(COP(=O)(O)OCCNC(=O)OC(C)(C)CC)OC(=O)CCCCCCCCCCCCCCCCC. The van der Waals surface area contributed by atoms with Crippen LogP contribution in [0.2, 0.25) is 0 Å². The predicted octanol–water partition coefficient (Wildman–Crippen LogP) is 14.0. The number of nitrogens with one attached hydrogen (secondary N) is 1. The third-order valence-electron chi connectivity index (χ3n) is 11.0. The first-order valence-corrected chi connectivity index (χ1v) is 25.9. The summed E-state index contributed by atoms with van der Waals surface area (Å²) >= 11 is 0. The van der Waals surface area contributed by atoms with Gasteiger partial charge in [0.2, 0.25) is 0 Å². The van der Waals surface area contributed by atoms with E-state index in [2.05, 4.69) is 19.2 Å². The second kappa shape index (κ2) is 40.4. The number of esters is 2. The van der Waals surface area contributed by atoms with Gasteiger partial charge in [-0.05, 0) is 33.1 Å². The number of phosphoric ester groups is 1. The molecule has 2 atom stereocenters. The van der Waals surface area contributed by atoms with E-state index in [-0.39, 0.29) is 32.6 Å². The maximum absolute atomic E-state index is 12.7. The minimum Gasteiger partial charge on any atom is -0.462 e. The second-order valence-corrected chi connectivity index (χ2v) is 18.7. The molecule has 0 saturated carbocycles. The molecule has 0 aliphatic heterocycles. The Labute approximate surface area is 361 Å². The molecule has 0 bridgehead atoms. The van der Waals surface area contributed by atoms with E-state index in [0.717, 1.165) is 32.1 Å². The van der Waals surface area contributed by atoms with Crippen LogP contribution < -0.4 is 5.32 Å². The molecule has 1 amide bonds. The van der Waals surface area contributed by atoms with Crippen molar-refractivity contribution in [1.29, 1.82) is 0 Å². The van der Waals surface area contributed by atoms with Crippen LogP contribution in [0.4, 0.5) is 4.79 Å². The fraction of sp³-hybridized carbons (Fsp3) is 0.936. The predicted molar refractivity (Wildman–Crippen MR) is 241 cm³/mol. The summed E-state index contributed by atoms with van der Waals surface area (Å²) in [5.74, 6) is -0.881. The summed E-state index contributed by atoms with van der Waals surface area (Å²) in [6.45, 7) is 8.78. The zero-order chi connectivity index (χ0) is 43.7.